The van der Waals surface area contributed by atoms with Crippen molar-refractivity contribution in [1.82, 2.24) is 4.98 Å². The molecule has 0 unspecified atom stereocenters. The SMILES string of the molecule is Cc1oc(-c2ccc3ccccc3c2)nc1C=Cc1ccc(/C=C/C(=O)O)cc1. The van der Waals surface area contributed by atoms with Crippen molar-refractivity contribution in [3.63, 3.8) is 0 Å². The van der Waals surface area contributed by atoms with Crippen LogP contribution in [-0.4, -0.2) is 16.1 Å². The molecule has 0 aliphatic rings. The van der Waals surface area contributed by atoms with E-state index in [9.17, 15) is 4.79 Å². The van der Waals surface area contributed by atoms with Crippen LogP contribution in [0, 0.1) is 6.92 Å². The van der Waals surface area contributed by atoms with Crippen LogP contribution >= 0.6 is 0 Å². The average Bonchev–Trinajstić information content (AvgIpc) is 3.11. The Balaban J connectivity index is 1.55. The standard InChI is InChI=1S/C25H19NO3/c1-17-23(14-10-18-6-8-19(9-7-18)11-15-24(27)28)26-25(29-17)22-13-12-20-4-2-3-5-21(20)16-22/h2-16H,1H3,(H,27,28)/b14-10?,15-11+. The average molecular weight is 381 g/mol. The summed E-state index contributed by atoms with van der Waals surface area (Å²) in [6.45, 7) is 1.90. The van der Waals surface area contributed by atoms with Crippen LogP contribution in [-0.2, 0) is 4.79 Å². The number of aromatic nitrogens is 1. The molecule has 0 atom stereocenters. The largest absolute Gasteiger partial charge is 0.478 e. The fourth-order valence-corrected chi connectivity index (χ4v) is 3.07. The van der Waals surface area contributed by atoms with Crippen LogP contribution in [0.25, 0.3) is 40.5 Å². The molecule has 4 nitrogen and oxygen atoms in total. The lowest BCUT2D eigenvalue weighted by atomic mass is 10.1. The Morgan fingerprint density at radius 3 is 2.31 bits per heavy atom. The van der Waals surface area contributed by atoms with Crippen LogP contribution in [0.2, 0.25) is 0 Å². The van der Waals surface area contributed by atoms with E-state index in [0.29, 0.717) is 5.89 Å². The molecule has 4 rings (SSSR count). The van der Waals surface area contributed by atoms with Crippen molar-refractivity contribution in [3.8, 4) is 11.5 Å². The number of carboxylic acid groups (broad SMARTS) is 1. The van der Waals surface area contributed by atoms with Crippen molar-refractivity contribution in [2.75, 3.05) is 0 Å². The Labute approximate surface area is 168 Å². The summed E-state index contributed by atoms with van der Waals surface area (Å²) < 4.78 is 5.88. The third kappa shape index (κ3) is 4.33. The van der Waals surface area contributed by atoms with Gasteiger partial charge in [-0.25, -0.2) is 9.78 Å². The topological polar surface area (TPSA) is 63.3 Å². The van der Waals surface area contributed by atoms with E-state index in [2.05, 4.69) is 29.2 Å². The molecule has 142 valence electrons. The molecule has 0 saturated heterocycles. The Kier molecular flexibility index (Phi) is 5.08. The molecule has 1 heterocycles. The second-order valence-electron chi connectivity index (χ2n) is 6.69. The van der Waals surface area contributed by atoms with Gasteiger partial charge >= 0.3 is 5.97 Å². The van der Waals surface area contributed by atoms with Crippen molar-refractivity contribution >= 4 is 35.0 Å². The normalized spacial score (nSPS) is 11.6. The summed E-state index contributed by atoms with van der Waals surface area (Å²) >= 11 is 0. The molecule has 4 heteroatoms. The van der Waals surface area contributed by atoms with Crippen molar-refractivity contribution in [2.45, 2.75) is 6.92 Å². The summed E-state index contributed by atoms with van der Waals surface area (Å²) in [4.78, 5) is 15.2. The number of aryl methyl sites for hydroxylation is 1. The Morgan fingerprint density at radius 2 is 1.59 bits per heavy atom. The number of carbonyl (C=O) groups is 1. The van der Waals surface area contributed by atoms with Gasteiger partial charge in [0.25, 0.3) is 0 Å². The quantitative estimate of drug-likeness (QED) is 0.426. The van der Waals surface area contributed by atoms with Gasteiger partial charge < -0.3 is 9.52 Å². The number of hydrogen-bond acceptors (Lipinski definition) is 3. The number of fused-ring (bicyclic) bond motifs is 1. The minimum Gasteiger partial charge on any atom is -0.478 e. The van der Waals surface area contributed by atoms with Gasteiger partial charge in [0, 0.05) is 11.6 Å². The summed E-state index contributed by atoms with van der Waals surface area (Å²) in [5.74, 6) is 0.394. The van der Waals surface area contributed by atoms with Crippen LogP contribution in [0.1, 0.15) is 22.6 Å². The molecule has 1 N–H and O–H groups in total. The van der Waals surface area contributed by atoms with Gasteiger partial charge in [-0.3, -0.25) is 0 Å². The van der Waals surface area contributed by atoms with E-state index in [-0.39, 0.29) is 0 Å². The van der Waals surface area contributed by atoms with Gasteiger partial charge in [0.05, 0.1) is 0 Å². The first-order valence-electron chi connectivity index (χ1n) is 9.24. The predicted octanol–water partition coefficient (Wildman–Crippen LogP) is 6.07. The van der Waals surface area contributed by atoms with Crippen LogP contribution in [0.5, 0.6) is 0 Å². The molecule has 0 bridgehead atoms. The highest BCUT2D eigenvalue weighted by molar-refractivity contribution is 5.86. The monoisotopic (exact) mass is 381 g/mol. The molecule has 0 spiro atoms. The van der Waals surface area contributed by atoms with Crippen LogP contribution < -0.4 is 0 Å². The summed E-state index contributed by atoms with van der Waals surface area (Å²) in [5.41, 5.74) is 3.55. The number of hydrogen-bond donors (Lipinski definition) is 1. The molecular weight excluding hydrogens is 362 g/mol. The van der Waals surface area contributed by atoms with E-state index in [1.165, 1.54) is 5.39 Å². The highest BCUT2D eigenvalue weighted by atomic mass is 16.4. The lowest BCUT2D eigenvalue weighted by Gasteiger charge is -1.99. The highest BCUT2D eigenvalue weighted by Crippen LogP contribution is 2.26. The Hall–Kier alpha value is -3.92. The zero-order chi connectivity index (χ0) is 20.2. The van der Waals surface area contributed by atoms with E-state index in [1.807, 2.05) is 61.5 Å². The number of nitrogens with zero attached hydrogens (tertiary/aromatic N) is 1. The van der Waals surface area contributed by atoms with Crippen molar-refractivity contribution < 1.29 is 14.3 Å². The van der Waals surface area contributed by atoms with E-state index < -0.39 is 5.97 Å². The molecule has 0 aliphatic heterocycles. The first-order valence-corrected chi connectivity index (χ1v) is 9.24. The first-order chi connectivity index (χ1) is 14.1. The fourth-order valence-electron chi connectivity index (χ4n) is 3.07. The molecular formula is C25H19NO3. The third-order valence-corrected chi connectivity index (χ3v) is 4.62. The molecule has 0 radical (unpaired) electrons. The molecule has 0 fully saturated rings. The number of rotatable bonds is 5. The second kappa shape index (κ2) is 7.98. The van der Waals surface area contributed by atoms with Crippen molar-refractivity contribution in [1.29, 1.82) is 0 Å². The van der Waals surface area contributed by atoms with Crippen LogP contribution in [0.15, 0.2) is 77.2 Å². The van der Waals surface area contributed by atoms with Crippen molar-refractivity contribution in [2.24, 2.45) is 0 Å². The second-order valence-corrected chi connectivity index (χ2v) is 6.69. The molecule has 29 heavy (non-hydrogen) atoms. The first kappa shape index (κ1) is 18.4. The van der Waals surface area contributed by atoms with E-state index in [4.69, 9.17) is 9.52 Å². The van der Waals surface area contributed by atoms with E-state index in [0.717, 1.165) is 39.6 Å². The number of benzene rings is 3. The van der Waals surface area contributed by atoms with Gasteiger partial charge in [0.2, 0.25) is 5.89 Å². The maximum Gasteiger partial charge on any atom is 0.328 e. The molecule has 0 amide bonds. The maximum absolute atomic E-state index is 10.6. The van der Waals surface area contributed by atoms with Gasteiger partial charge in [0.1, 0.15) is 11.5 Å². The fraction of sp³-hybridized carbons (Fsp3) is 0.0400. The third-order valence-electron chi connectivity index (χ3n) is 4.62. The number of aliphatic carboxylic acids is 1. The van der Waals surface area contributed by atoms with Gasteiger partial charge in [-0.15, -0.1) is 0 Å². The zero-order valence-electron chi connectivity index (χ0n) is 15.9. The van der Waals surface area contributed by atoms with E-state index in [1.54, 1.807) is 6.08 Å². The Bertz CT molecular complexity index is 1230. The van der Waals surface area contributed by atoms with Crippen LogP contribution in [0.3, 0.4) is 0 Å². The Morgan fingerprint density at radius 1 is 0.897 bits per heavy atom. The number of oxazole rings is 1. The van der Waals surface area contributed by atoms with Gasteiger partial charge in [-0.2, -0.15) is 0 Å². The van der Waals surface area contributed by atoms with Gasteiger partial charge in [-0.05, 0) is 53.1 Å². The maximum atomic E-state index is 10.6. The summed E-state index contributed by atoms with van der Waals surface area (Å²) in [7, 11) is 0. The molecule has 3 aromatic carbocycles. The minimum atomic E-state index is -0.960. The minimum absolute atomic E-state index is 0.599. The zero-order valence-corrected chi connectivity index (χ0v) is 15.9. The molecule has 0 saturated carbocycles. The summed E-state index contributed by atoms with van der Waals surface area (Å²) in [6.07, 6.45) is 6.57. The molecule has 1 aromatic heterocycles. The number of carboxylic acids is 1. The molecule has 0 aliphatic carbocycles. The van der Waals surface area contributed by atoms with Gasteiger partial charge in [0.15, 0.2) is 0 Å². The highest BCUT2D eigenvalue weighted by Gasteiger charge is 2.10. The van der Waals surface area contributed by atoms with Gasteiger partial charge in [-0.1, -0.05) is 60.7 Å². The molecule has 4 aromatic rings. The smallest absolute Gasteiger partial charge is 0.328 e. The van der Waals surface area contributed by atoms with Crippen LogP contribution in [0.4, 0.5) is 0 Å². The lowest BCUT2D eigenvalue weighted by molar-refractivity contribution is -0.131. The predicted molar refractivity (Wildman–Crippen MR) is 116 cm³/mol. The van der Waals surface area contributed by atoms with E-state index >= 15 is 0 Å². The summed E-state index contributed by atoms with van der Waals surface area (Å²) in [5, 5.41) is 11.0. The lowest BCUT2D eigenvalue weighted by Crippen LogP contribution is -1.85. The van der Waals surface area contributed by atoms with Crippen molar-refractivity contribution in [3.05, 3.63) is 95.4 Å². The summed E-state index contributed by atoms with van der Waals surface area (Å²) in [6, 6.07) is 22.0.